The third-order valence-corrected chi connectivity index (χ3v) is 4.74. The number of hydrogen-bond acceptors (Lipinski definition) is 4. The second-order valence-electron chi connectivity index (χ2n) is 3.86. The summed E-state index contributed by atoms with van der Waals surface area (Å²) in [7, 11) is 1.63. The third kappa shape index (κ3) is 2.74. The zero-order valence-electron chi connectivity index (χ0n) is 10.3. The van der Waals surface area contributed by atoms with E-state index in [0.29, 0.717) is 22.1 Å². The molecule has 6 heteroatoms. The van der Waals surface area contributed by atoms with Gasteiger partial charge in [-0.2, -0.15) is 0 Å². The van der Waals surface area contributed by atoms with Crippen molar-refractivity contribution in [3.05, 3.63) is 31.1 Å². The molecule has 0 unspecified atom stereocenters. The van der Waals surface area contributed by atoms with Crippen molar-refractivity contribution < 1.29 is 4.74 Å². The van der Waals surface area contributed by atoms with Crippen molar-refractivity contribution in [2.75, 3.05) is 7.11 Å². The normalized spacial score (nSPS) is 10.9. The number of halogens is 2. The van der Waals surface area contributed by atoms with Crippen LogP contribution in [-0.2, 0) is 11.3 Å². The minimum absolute atomic E-state index is 0.401. The summed E-state index contributed by atoms with van der Waals surface area (Å²) in [5, 5.41) is 0.412. The molecule has 2 heterocycles. The van der Waals surface area contributed by atoms with Crippen molar-refractivity contribution in [1.29, 1.82) is 0 Å². The van der Waals surface area contributed by atoms with Crippen molar-refractivity contribution in [3.8, 4) is 11.4 Å². The monoisotopic (exact) mass is 346 g/mol. The first kappa shape index (κ1) is 13.9. The van der Waals surface area contributed by atoms with E-state index in [0.717, 1.165) is 11.3 Å². The van der Waals surface area contributed by atoms with Gasteiger partial charge < -0.3 is 4.74 Å². The molecular weight excluding hydrogens is 336 g/mol. The average Bonchev–Trinajstić information content (AvgIpc) is 2.64. The molecule has 0 aliphatic carbocycles. The Balaban J connectivity index is 2.55. The van der Waals surface area contributed by atoms with Gasteiger partial charge in [-0.05, 0) is 35.8 Å². The molecule has 3 nitrogen and oxygen atoms in total. The largest absolute Gasteiger partial charge is 0.378 e. The molecule has 0 saturated heterocycles. The highest BCUT2D eigenvalue weighted by Gasteiger charge is 2.14. The Morgan fingerprint density at radius 2 is 2.11 bits per heavy atom. The van der Waals surface area contributed by atoms with E-state index < -0.39 is 0 Å². The Bertz CT molecular complexity index is 586. The standard InChI is InChI=1S/C12H12BrClN2OS/c1-6-4-8(7(2)18-6)12-15-9(5-17-3)10(13)11(14)16-12/h4H,5H2,1-3H3. The van der Waals surface area contributed by atoms with Crippen LogP contribution in [-0.4, -0.2) is 17.1 Å². The van der Waals surface area contributed by atoms with E-state index in [1.54, 1.807) is 18.4 Å². The SMILES string of the molecule is COCc1nc(-c2cc(C)sc2C)nc(Cl)c1Br. The van der Waals surface area contributed by atoms with Crippen molar-refractivity contribution in [1.82, 2.24) is 9.97 Å². The lowest BCUT2D eigenvalue weighted by atomic mass is 10.2. The highest BCUT2D eigenvalue weighted by molar-refractivity contribution is 9.10. The van der Waals surface area contributed by atoms with Gasteiger partial charge in [0, 0.05) is 22.4 Å². The Kier molecular flexibility index (Phi) is 4.37. The average molecular weight is 348 g/mol. The van der Waals surface area contributed by atoms with Crippen LogP contribution < -0.4 is 0 Å². The van der Waals surface area contributed by atoms with Crippen LogP contribution in [0.5, 0.6) is 0 Å². The van der Waals surface area contributed by atoms with Crippen molar-refractivity contribution >= 4 is 38.9 Å². The number of nitrogens with zero attached hydrogens (tertiary/aromatic N) is 2. The zero-order chi connectivity index (χ0) is 13.3. The predicted octanol–water partition coefficient (Wildman–Crippen LogP) is 4.38. The van der Waals surface area contributed by atoms with E-state index >= 15 is 0 Å². The summed E-state index contributed by atoms with van der Waals surface area (Å²) >= 11 is 11.2. The molecule has 0 aliphatic heterocycles. The molecular formula is C12H12BrClN2OS. The van der Waals surface area contributed by atoms with Crippen molar-refractivity contribution in [3.63, 3.8) is 0 Å². The minimum atomic E-state index is 0.401. The predicted molar refractivity (Wildman–Crippen MR) is 78.2 cm³/mol. The maximum atomic E-state index is 6.11. The highest BCUT2D eigenvalue weighted by Crippen LogP contribution is 2.32. The molecule has 0 amide bonds. The third-order valence-electron chi connectivity index (χ3n) is 2.44. The second kappa shape index (κ2) is 5.65. The summed E-state index contributed by atoms with van der Waals surface area (Å²) in [5.41, 5.74) is 1.79. The van der Waals surface area contributed by atoms with Crippen LogP contribution in [0.2, 0.25) is 5.15 Å². The van der Waals surface area contributed by atoms with Gasteiger partial charge in [0.25, 0.3) is 0 Å². The molecule has 18 heavy (non-hydrogen) atoms. The Hall–Kier alpha value is -0.490. The molecule has 0 N–H and O–H groups in total. The number of aryl methyl sites for hydroxylation is 2. The van der Waals surface area contributed by atoms with Gasteiger partial charge in [0.1, 0.15) is 5.15 Å². The minimum Gasteiger partial charge on any atom is -0.378 e. The number of rotatable bonds is 3. The zero-order valence-corrected chi connectivity index (χ0v) is 13.4. The first-order chi connectivity index (χ1) is 8.52. The first-order valence-corrected chi connectivity index (χ1v) is 7.30. The Morgan fingerprint density at radius 1 is 1.39 bits per heavy atom. The molecule has 0 aliphatic rings. The van der Waals surface area contributed by atoms with Crippen LogP contribution in [0.15, 0.2) is 10.5 Å². The van der Waals surface area contributed by atoms with Gasteiger partial charge in [0.15, 0.2) is 5.82 Å². The quantitative estimate of drug-likeness (QED) is 0.773. The summed E-state index contributed by atoms with van der Waals surface area (Å²) in [6.45, 7) is 4.53. The first-order valence-electron chi connectivity index (χ1n) is 5.31. The van der Waals surface area contributed by atoms with Crippen LogP contribution >= 0.6 is 38.9 Å². The van der Waals surface area contributed by atoms with Gasteiger partial charge >= 0.3 is 0 Å². The van der Waals surface area contributed by atoms with E-state index in [4.69, 9.17) is 16.3 Å². The fourth-order valence-electron chi connectivity index (χ4n) is 1.67. The van der Waals surface area contributed by atoms with Gasteiger partial charge in [0.05, 0.1) is 16.8 Å². The molecule has 2 aromatic heterocycles. The molecule has 0 spiro atoms. The van der Waals surface area contributed by atoms with E-state index in [-0.39, 0.29) is 0 Å². The van der Waals surface area contributed by atoms with Crippen LogP contribution in [0.25, 0.3) is 11.4 Å². The summed E-state index contributed by atoms with van der Waals surface area (Å²) < 4.78 is 5.81. The van der Waals surface area contributed by atoms with E-state index in [1.165, 1.54) is 9.75 Å². The van der Waals surface area contributed by atoms with Gasteiger partial charge in [-0.25, -0.2) is 9.97 Å². The molecule has 0 saturated carbocycles. The highest BCUT2D eigenvalue weighted by atomic mass is 79.9. The second-order valence-corrected chi connectivity index (χ2v) is 6.47. The lowest BCUT2D eigenvalue weighted by molar-refractivity contribution is 0.181. The van der Waals surface area contributed by atoms with Crippen LogP contribution in [0, 0.1) is 13.8 Å². The van der Waals surface area contributed by atoms with Crippen LogP contribution in [0.4, 0.5) is 0 Å². The summed E-state index contributed by atoms with van der Waals surface area (Å²) in [4.78, 5) is 11.2. The van der Waals surface area contributed by atoms with Crippen molar-refractivity contribution in [2.24, 2.45) is 0 Å². The van der Waals surface area contributed by atoms with E-state index in [2.05, 4.69) is 45.8 Å². The van der Waals surface area contributed by atoms with Gasteiger partial charge in [-0.1, -0.05) is 11.6 Å². The maximum absolute atomic E-state index is 6.11. The van der Waals surface area contributed by atoms with Crippen LogP contribution in [0.3, 0.4) is 0 Å². The van der Waals surface area contributed by atoms with Crippen molar-refractivity contribution in [2.45, 2.75) is 20.5 Å². The summed E-state index contributed by atoms with van der Waals surface area (Å²) in [6.07, 6.45) is 0. The van der Waals surface area contributed by atoms with Gasteiger partial charge in [0.2, 0.25) is 0 Å². The fraction of sp³-hybridized carbons (Fsp3) is 0.333. The summed E-state index contributed by atoms with van der Waals surface area (Å²) in [6, 6.07) is 2.08. The maximum Gasteiger partial charge on any atom is 0.162 e. The molecule has 0 aromatic carbocycles. The summed E-state index contributed by atoms with van der Waals surface area (Å²) in [5.74, 6) is 0.650. The van der Waals surface area contributed by atoms with Gasteiger partial charge in [-0.3, -0.25) is 0 Å². The Labute approximate surface area is 123 Å². The molecule has 96 valence electrons. The molecule has 0 radical (unpaired) electrons. The topological polar surface area (TPSA) is 35.0 Å². The number of thiophene rings is 1. The van der Waals surface area contributed by atoms with E-state index in [9.17, 15) is 0 Å². The number of aromatic nitrogens is 2. The number of ether oxygens (including phenoxy) is 1. The number of methoxy groups -OCH3 is 1. The lowest BCUT2D eigenvalue weighted by Gasteiger charge is -2.07. The molecule has 0 atom stereocenters. The molecule has 2 aromatic rings. The lowest BCUT2D eigenvalue weighted by Crippen LogP contribution is -2.00. The molecule has 0 bridgehead atoms. The molecule has 0 fully saturated rings. The van der Waals surface area contributed by atoms with Gasteiger partial charge in [-0.15, -0.1) is 11.3 Å². The van der Waals surface area contributed by atoms with Crippen LogP contribution in [0.1, 0.15) is 15.4 Å². The fourth-order valence-corrected chi connectivity index (χ4v) is 3.07. The molecule has 2 rings (SSSR count). The Morgan fingerprint density at radius 3 is 2.67 bits per heavy atom. The smallest absolute Gasteiger partial charge is 0.162 e. The van der Waals surface area contributed by atoms with E-state index in [1.807, 2.05) is 0 Å². The number of hydrogen-bond donors (Lipinski definition) is 0.